The lowest BCUT2D eigenvalue weighted by atomic mass is 10.1. The molecule has 1 fully saturated rings. The number of hydrogen-bond acceptors (Lipinski definition) is 5. The lowest BCUT2D eigenvalue weighted by molar-refractivity contribution is 0.394. The van der Waals surface area contributed by atoms with Gasteiger partial charge in [-0.2, -0.15) is 0 Å². The third-order valence-electron chi connectivity index (χ3n) is 3.93. The van der Waals surface area contributed by atoms with Crippen molar-refractivity contribution in [3.63, 3.8) is 0 Å². The number of methoxy groups -OCH3 is 2. The molecule has 3 rings (SSSR count). The highest BCUT2D eigenvalue weighted by atomic mass is 16.5. The molecule has 2 heterocycles. The summed E-state index contributed by atoms with van der Waals surface area (Å²) < 4.78 is 10.6. The Balaban J connectivity index is 1.81. The van der Waals surface area contributed by atoms with Gasteiger partial charge in [0.25, 0.3) is 0 Å². The zero-order valence-corrected chi connectivity index (χ0v) is 13.5. The van der Waals surface area contributed by atoms with Crippen molar-refractivity contribution in [2.75, 3.05) is 32.2 Å². The number of aromatic nitrogens is 2. The molecule has 5 nitrogen and oxygen atoms in total. The minimum atomic E-state index is 0.773. The molecule has 0 radical (unpaired) electrons. The third kappa shape index (κ3) is 3.62. The van der Waals surface area contributed by atoms with Crippen molar-refractivity contribution in [1.29, 1.82) is 0 Å². The van der Waals surface area contributed by atoms with E-state index in [9.17, 15) is 0 Å². The number of rotatable bonds is 5. The van der Waals surface area contributed by atoms with Crippen LogP contribution in [0, 0.1) is 0 Å². The van der Waals surface area contributed by atoms with E-state index in [0.717, 1.165) is 41.8 Å². The van der Waals surface area contributed by atoms with E-state index in [-0.39, 0.29) is 0 Å². The van der Waals surface area contributed by atoms with Crippen molar-refractivity contribution in [3.05, 3.63) is 41.7 Å². The number of nitrogens with zero attached hydrogens (tertiary/aromatic N) is 3. The molecule has 1 aliphatic heterocycles. The lowest BCUT2D eigenvalue weighted by Gasteiger charge is -2.14. The van der Waals surface area contributed by atoms with Gasteiger partial charge in [-0.25, -0.2) is 9.97 Å². The summed E-state index contributed by atoms with van der Waals surface area (Å²) in [6.45, 7) is 2.08. The van der Waals surface area contributed by atoms with Gasteiger partial charge >= 0.3 is 0 Å². The van der Waals surface area contributed by atoms with Crippen LogP contribution in [0.2, 0.25) is 0 Å². The molecule has 0 N–H and O–H groups in total. The second-order valence-electron chi connectivity index (χ2n) is 5.42. The van der Waals surface area contributed by atoms with Crippen molar-refractivity contribution in [2.24, 2.45) is 0 Å². The molecule has 1 aromatic carbocycles. The fourth-order valence-corrected chi connectivity index (χ4v) is 2.66. The zero-order valence-electron chi connectivity index (χ0n) is 13.5. The highest BCUT2D eigenvalue weighted by Crippen LogP contribution is 2.26. The molecule has 120 valence electrons. The standard InChI is InChI=1S/C18H21N3O2/c1-22-16-8-6-14(17(13-16)23-2)5-7-15-9-10-19-18(20-15)21-11-3-4-12-21/h5-10,13H,3-4,11-12H2,1-2H3/b7-5+. The summed E-state index contributed by atoms with van der Waals surface area (Å²) in [5.74, 6) is 2.36. The molecule has 23 heavy (non-hydrogen) atoms. The lowest BCUT2D eigenvalue weighted by Crippen LogP contribution is -2.20. The number of benzene rings is 1. The maximum atomic E-state index is 5.41. The first kappa shape index (κ1) is 15.3. The van der Waals surface area contributed by atoms with Crippen LogP contribution in [0.3, 0.4) is 0 Å². The van der Waals surface area contributed by atoms with Crippen LogP contribution in [0.5, 0.6) is 11.5 Å². The van der Waals surface area contributed by atoms with Crippen LogP contribution in [0.15, 0.2) is 30.5 Å². The van der Waals surface area contributed by atoms with Gasteiger partial charge < -0.3 is 14.4 Å². The van der Waals surface area contributed by atoms with Gasteiger partial charge in [-0.15, -0.1) is 0 Å². The van der Waals surface area contributed by atoms with Crippen molar-refractivity contribution in [3.8, 4) is 11.5 Å². The SMILES string of the molecule is COc1ccc(/C=C/c2ccnc(N3CCCC3)n2)c(OC)c1. The van der Waals surface area contributed by atoms with Crippen LogP contribution in [0.1, 0.15) is 24.1 Å². The van der Waals surface area contributed by atoms with Gasteiger partial charge in [0, 0.05) is 30.9 Å². The number of hydrogen-bond donors (Lipinski definition) is 0. The Labute approximate surface area is 136 Å². The van der Waals surface area contributed by atoms with Gasteiger partial charge in [-0.1, -0.05) is 0 Å². The summed E-state index contributed by atoms with van der Waals surface area (Å²) in [6, 6.07) is 7.66. The van der Waals surface area contributed by atoms with Gasteiger partial charge in [-0.05, 0) is 43.2 Å². The van der Waals surface area contributed by atoms with E-state index >= 15 is 0 Å². The number of anilines is 1. The normalized spacial score (nSPS) is 14.4. The van der Waals surface area contributed by atoms with Crippen LogP contribution < -0.4 is 14.4 Å². The minimum absolute atomic E-state index is 0.773. The number of ether oxygens (including phenoxy) is 2. The quantitative estimate of drug-likeness (QED) is 0.848. The maximum Gasteiger partial charge on any atom is 0.225 e. The summed E-state index contributed by atoms with van der Waals surface area (Å²) in [7, 11) is 3.30. The smallest absolute Gasteiger partial charge is 0.225 e. The summed E-state index contributed by atoms with van der Waals surface area (Å²) in [6.07, 6.45) is 8.21. The molecule has 0 atom stereocenters. The monoisotopic (exact) mass is 311 g/mol. The highest BCUT2D eigenvalue weighted by Gasteiger charge is 2.14. The summed E-state index contributed by atoms with van der Waals surface area (Å²) in [5.41, 5.74) is 1.87. The van der Waals surface area contributed by atoms with E-state index in [2.05, 4.69) is 14.9 Å². The Morgan fingerprint density at radius 3 is 2.61 bits per heavy atom. The molecule has 5 heteroatoms. The molecule has 2 aromatic rings. The third-order valence-corrected chi connectivity index (χ3v) is 3.93. The minimum Gasteiger partial charge on any atom is -0.497 e. The first-order chi connectivity index (χ1) is 11.3. The Morgan fingerprint density at radius 1 is 1.04 bits per heavy atom. The van der Waals surface area contributed by atoms with Crippen molar-refractivity contribution in [2.45, 2.75) is 12.8 Å². The molecule has 0 bridgehead atoms. The first-order valence-electron chi connectivity index (χ1n) is 7.78. The zero-order chi connectivity index (χ0) is 16.1. The van der Waals surface area contributed by atoms with Crippen molar-refractivity contribution in [1.82, 2.24) is 9.97 Å². The van der Waals surface area contributed by atoms with Crippen LogP contribution in [0.4, 0.5) is 5.95 Å². The molecular weight excluding hydrogens is 290 g/mol. The van der Waals surface area contributed by atoms with Crippen LogP contribution in [0.25, 0.3) is 12.2 Å². The second kappa shape index (κ2) is 7.13. The van der Waals surface area contributed by atoms with Crippen molar-refractivity contribution >= 4 is 18.1 Å². The fraction of sp³-hybridized carbons (Fsp3) is 0.333. The molecular formula is C18H21N3O2. The van der Waals surface area contributed by atoms with Crippen molar-refractivity contribution < 1.29 is 9.47 Å². The Kier molecular flexibility index (Phi) is 4.76. The Bertz CT molecular complexity index is 694. The summed E-state index contributed by atoms with van der Waals surface area (Å²) in [4.78, 5) is 11.2. The van der Waals surface area contributed by atoms with Crippen LogP contribution in [-0.4, -0.2) is 37.3 Å². The predicted octanol–water partition coefficient (Wildman–Crippen LogP) is 3.26. The fourth-order valence-electron chi connectivity index (χ4n) is 2.66. The Morgan fingerprint density at radius 2 is 1.87 bits per heavy atom. The van der Waals surface area contributed by atoms with Crippen LogP contribution >= 0.6 is 0 Å². The van der Waals surface area contributed by atoms with Gasteiger partial charge in [0.1, 0.15) is 11.5 Å². The topological polar surface area (TPSA) is 47.5 Å². The van der Waals surface area contributed by atoms with Gasteiger partial charge in [-0.3, -0.25) is 0 Å². The average Bonchev–Trinajstić information content (AvgIpc) is 3.14. The predicted molar refractivity (Wildman–Crippen MR) is 92.0 cm³/mol. The Hall–Kier alpha value is -2.56. The average molecular weight is 311 g/mol. The van der Waals surface area contributed by atoms with Crippen LogP contribution in [-0.2, 0) is 0 Å². The molecule has 1 saturated heterocycles. The van der Waals surface area contributed by atoms with E-state index in [1.54, 1.807) is 14.2 Å². The second-order valence-corrected chi connectivity index (χ2v) is 5.42. The van der Waals surface area contributed by atoms with E-state index in [1.807, 2.05) is 42.6 Å². The highest BCUT2D eigenvalue weighted by molar-refractivity contribution is 5.72. The summed E-state index contributed by atoms with van der Waals surface area (Å²) in [5, 5.41) is 0. The van der Waals surface area contributed by atoms with E-state index in [0.29, 0.717) is 0 Å². The molecule has 0 unspecified atom stereocenters. The summed E-state index contributed by atoms with van der Waals surface area (Å²) >= 11 is 0. The van der Waals surface area contributed by atoms with Gasteiger partial charge in [0.05, 0.1) is 19.9 Å². The first-order valence-corrected chi connectivity index (χ1v) is 7.78. The largest absolute Gasteiger partial charge is 0.497 e. The van der Waals surface area contributed by atoms with E-state index < -0.39 is 0 Å². The molecule has 1 aliphatic rings. The van der Waals surface area contributed by atoms with Gasteiger partial charge in [0.15, 0.2) is 0 Å². The molecule has 1 aromatic heterocycles. The maximum absolute atomic E-state index is 5.41. The molecule has 0 saturated carbocycles. The molecule has 0 spiro atoms. The van der Waals surface area contributed by atoms with E-state index in [4.69, 9.17) is 9.47 Å². The van der Waals surface area contributed by atoms with E-state index in [1.165, 1.54) is 12.8 Å². The molecule has 0 aliphatic carbocycles. The van der Waals surface area contributed by atoms with Gasteiger partial charge in [0.2, 0.25) is 5.95 Å². The molecule has 0 amide bonds.